The second-order valence-electron chi connectivity index (χ2n) is 4.17. The molecule has 0 radical (unpaired) electrons. The Hall–Kier alpha value is -2.10. The molecule has 1 aromatic heterocycles. The van der Waals surface area contributed by atoms with Crippen molar-refractivity contribution in [2.75, 3.05) is 6.61 Å². The Balaban J connectivity index is 1.96. The minimum absolute atomic E-state index is 0.0203. The highest BCUT2D eigenvalue weighted by atomic mass is 16.5. The zero-order valence-electron chi connectivity index (χ0n) is 10.6. The van der Waals surface area contributed by atoms with Gasteiger partial charge in [-0.25, -0.2) is 0 Å². The summed E-state index contributed by atoms with van der Waals surface area (Å²) in [6.45, 7) is 2.08. The lowest BCUT2D eigenvalue weighted by Gasteiger charge is -2.08. The van der Waals surface area contributed by atoms with Crippen molar-refractivity contribution in [3.8, 4) is 5.75 Å². The second kappa shape index (κ2) is 5.49. The summed E-state index contributed by atoms with van der Waals surface area (Å²) in [4.78, 5) is 11.4. The average Bonchev–Trinajstić information content (AvgIpc) is 2.75. The Bertz CT molecular complexity index is 546. The molecule has 0 saturated heterocycles. The third kappa shape index (κ3) is 2.97. The molecule has 1 heterocycles. The van der Waals surface area contributed by atoms with Crippen molar-refractivity contribution in [3.63, 3.8) is 0 Å². The topological polar surface area (TPSA) is 44.1 Å². The molecule has 0 aliphatic rings. The predicted octanol–water partition coefficient (Wildman–Crippen LogP) is 2.24. The van der Waals surface area contributed by atoms with Crippen LogP contribution in [0.5, 0.6) is 5.75 Å². The maximum absolute atomic E-state index is 11.4. The summed E-state index contributed by atoms with van der Waals surface area (Å²) in [5.74, 6) is 0.667. The molecule has 0 saturated carbocycles. The van der Waals surface area contributed by atoms with Crippen LogP contribution in [0.25, 0.3) is 0 Å². The molecule has 0 unspecified atom stereocenters. The fourth-order valence-electron chi connectivity index (χ4n) is 1.76. The van der Waals surface area contributed by atoms with Gasteiger partial charge in [0.2, 0.25) is 0 Å². The van der Waals surface area contributed by atoms with Gasteiger partial charge in [0.15, 0.2) is 5.78 Å². The van der Waals surface area contributed by atoms with Gasteiger partial charge in [-0.3, -0.25) is 9.48 Å². The van der Waals surface area contributed by atoms with E-state index in [1.54, 1.807) is 17.7 Å². The Kier molecular flexibility index (Phi) is 3.77. The number of rotatable bonds is 5. The number of carbonyl (C=O) groups excluding carboxylic acids is 1. The van der Waals surface area contributed by atoms with Gasteiger partial charge in [0.05, 0.1) is 18.4 Å². The van der Waals surface area contributed by atoms with Gasteiger partial charge in [-0.2, -0.15) is 5.10 Å². The largest absolute Gasteiger partial charge is 0.492 e. The summed E-state index contributed by atoms with van der Waals surface area (Å²) in [5, 5.41) is 4.10. The SMILES string of the molecule is CC(=O)c1ccccc1OCCc1cnn(C)c1. The van der Waals surface area contributed by atoms with E-state index in [-0.39, 0.29) is 5.78 Å². The number of benzene rings is 1. The first-order chi connectivity index (χ1) is 8.66. The molecular weight excluding hydrogens is 228 g/mol. The Morgan fingerprint density at radius 2 is 2.17 bits per heavy atom. The molecular formula is C14H16N2O2. The van der Waals surface area contributed by atoms with Gasteiger partial charge in [0.25, 0.3) is 0 Å². The van der Waals surface area contributed by atoms with Gasteiger partial charge in [-0.05, 0) is 24.6 Å². The minimum atomic E-state index is 0.0203. The molecule has 0 atom stereocenters. The van der Waals surface area contributed by atoms with Gasteiger partial charge in [0, 0.05) is 19.7 Å². The number of nitrogens with zero attached hydrogens (tertiary/aromatic N) is 2. The van der Waals surface area contributed by atoms with Crippen LogP contribution in [0.3, 0.4) is 0 Å². The molecule has 2 rings (SSSR count). The molecule has 94 valence electrons. The van der Waals surface area contributed by atoms with E-state index in [0.717, 1.165) is 12.0 Å². The first-order valence-corrected chi connectivity index (χ1v) is 5.87. The van der Waals surface area contributed by atoms with Gasteiger partial charge < -0.3 is 4.74 Å². The smallest absolute Gasteiger partial charge is 0.163 e. The molecule has 0 aliphatic carbocycles. The molecule has 2 aromatic rings. The van der Waals surface area contributed by atoms with Gasteiger partial charge >= 0.3 is 0 Å². The Labute approximate surface area is 106 Å². The number of para-hydroxylation sites is 1. The molecule has 0 N–H and O–H groups in total. The lowest BCUT2D eigenvalue weighted by Crippen LogP contribution is -2.04. The van der Waals surface area contributed by atoms with Crippen molar-refractivity contribution in [3.05, 3.63) is 47.8 Å². The van der Waals surface area contributed by atoms with E-state index in [2.05, 4.69) is 5.10 Å². The van der Waals surface area contributed by atoms with Crippen molar-refractivity contribution in [2.45, 2.75) is 13.3 Å². The summed E-state index contributed by atoms with van der Waals surface area (Å²) >= 11 is 0. The van der Waals surface area contributed by atoms with Gasteiger partial charge in [-0.15, -0.1) is 0 Å². The van der Waals surface area contributed by atoms with Crippen molar-refractivity contribution >= 4 is 5.78 Å². The Morgan fingerprint density at radius 3 is 2.83 bits per heavy atom. The van der Waals surface area contributed by atoms with E-state index < -0.39 is 0 Å². The molecule has 0 aliphatic heterocycles. The van der Waals surface area contributed by atoms with E-state index in [4.69, 9.17) is 4.74 Å². The highest BCUT2D eigenvalue weighted by molar-refractivity contribution is 5.96. The lowest BCUT2D eigenvalue weighted by atomic mass is 10.1. The molecule has 0 amide bonds. The van der Waals surface area contributed by atoms with Crippen LogP contribution in [0.4, 0.5) is 0 Å². The molecule has 1 aromatic carbocycles. The monoisotopic (exact) mass is 244 g/mol. The predicted molar refractivity (Wildman–Crippen MR) is 68.9 cm³/mol. The highest BCUT2D eigenvalue weighted by Crippen LogP contribution is 2.18. The van der Waals surface area contributed by atoms with Crippen LogP contribution in [0.15, 0.2) is 36.7 Å². The summed E-state index contributed by atoms with van der Waals surface area (Å²) in [7, 11) is 1.88. The Morgan fingerprint density at radius 1 is 1.39 bits per heavy atom. The quantitative estimate of drug-likeness (QED) is 0.758. The minimum Gasteiger partial charge on any atom is -0.492 e. The van der Waals surface area contributed by atoms with Crippen LogP contribution in [0, 0.1) is 0 Å². The van der Waals surface area contributed by atoms with Crippen LogP contribution >= 0.6 is 0 Å². The average molecular weight is 244 g/mol. The fourth-order valence-corrected chi connectivity index (χ4v) is 1.76. The molecule has 0 spiro atoms. The zero-order valence-corrected chi connectivity index (χ0v) is 10.6. The second-order valence-corrected chi connectivity index (χ2v) is 4.17. The van der Waals surface area contributed by atoms with Crippen LogP contribution in [0.2, 0.25) is 0 Å². The van der Waals surface area contributed by atoms with E-state index in [1.807, 2.05) is 37.6 Å². The number of carbonyl (C=O) groups is 1. The molecule has 4 nitrogen and oxygen atoms in total. The maximum atomic E-state index is 11.4. The summed E-state index contributed by atoms with van der Waals surface area (Å²) in [6, 6.07) is 7.30. The first kappa shape index (κ1) is 12.4. The number of aryl methyl sites for hydroxylation is 1. The van der Waals surface area contributed by atoms with Crippen LogP contribution in [-0.4, -0.2) is 22.2 Å². The standard InChI is InChI=1S/C14H16N2O2/c1-11(17)13-5-3-4-6-14(13)18-8-7-12-9-15-16(2)10-12/h3-6,9-10H,7-8H2,1-2H3. The molecule has 0 bridgehead atoms. The fraction of sp³-hybridized carbons (Fsp3) is 0.286. The number of ketones is 1. The van der Waals surface area contributed by atoms with Crippen molar-refractivity contribution in [2.24, 2.45) is 7.05 Å². The summed E-state index contributed by atoms with van der Waals surface area (Å²) < 4.78 is 7.42. The number of ether oxygens (including phenoxy) is 1. The summed E-state index contributed by atoms with van der Waals surface area (Å²) in [6.07, 6.45) is 4.56. The normalized spacial score (nSPS) is 10.3. The summed E-state index contributed by atoms with van der Waals surface area (Å²) in [5.41, 5.74) is 1.75. The van der Waals surface area contributed by atoms with Gasteiger partial charge in [-0.1, -0.05) is 12.1 Å². The van der Waals surface area contributed by atoms with Gasteiger partial charge in [0.1, 0.15) is 5.75 Å². The molecule has 18 heavy (non-hydrogen) atoms. The van der Waals surface area contributed by atoms with Crippen molar-refractivity contribution in [1.82, 2.24) is 9.78 Å². The number of aromatic nitrogens is 2. The van der Waals surface area contributed by atoms with E-state index in [1.165, 1.54) is 0 Å². The third-order valence-corrected chi connectivity index (χ3v) is 2.67. The van der Waals surface area contributed by atoms with E-state index in [0.29, 0.717) is 17.9 Å². The number of hydrogen-bond donors (Lipinski definition) is 0. The third-order valence-electron chi connectivity index (χ3n) is 2.67. The molecule has 4 heteroatoms. The van der Waals surface area contributed by atoms with Crippen LogP contribution in [0.1, 0.15) is 22.8 Å². The van der Waals surface area contributed by atoms with Crippen molar-refractivity contribution < 1.29 is 9.53 Å². The lowest BCUT2D eigenvalue weighted by molar-refractivity contribution is 0.101. The number of hydrogen-bond acceptors (Lipinski definition) is 3. The zero-order chi connectivity index (χ0) is 13.0. The first-order valence-electron chi connectivity index (χ1n) is 5.87. The van der Waals surface area contributed by atoms with Crippen molar-refractivity contribution in [1.29, 1.82) is 0 Å². The van der Waals surface area contributed by atoms with E-state index >= 15 is 0 Å². The number of Topliss-reactive ketones (excluding diaryl/α,β-unsaturated/α-hetero) is 1. The van der Waals surface area contributed by atoms with Crippen LogP contribution < -0.4 is 4.74 Å². The van der Waals surface area contributed by atoms with Crippen LogP contribution in [-0.2, 0) is 13.5 Å². The molecule has 0 fully saturated rings. The highest BCUT2D eigenvalue weighted by Gasteiger charge is 2.07. The maximum Gasteiger partial charge on any atom is 0.163 e. The van der Waals surface area contributed by atoms with E-state index in [9.17, 15) is 4.79 Å².